The van der Waals surface area contributed by atoms with Crippen LogP contribution in [0.4, 0.5) is 5.69 Å². The van der Waals surface area contributed by atoms with Crippen molar-refractivity contribution in [1.29, 1.82) is 0 Å². The molecule has 1 amide bonds. The molecule has 1 aliphatic heterocycles. The summed E-state index contributed by atoms with van der Waals surface area (Å²) in [5.74, 6) is 0.982. The molecule has 0 bridgehead atoms. The van der Waals surface area contributed by atoms with Crippen LogP contribution in [0.5, 0.6) is 11.5 Å². The second-order valence-electron chi connectivity index (χ2n) is 7.35. The van der Waals surface area contributed by atoms with Crippen molar-refractivity contribution in [3.8, 4) is 11.5 Å². The predicted molar refractivity (Wildman–Crippen MR) is 124 cm³/mol. The SMILES string of the molecule is CS(=O)(=O)c1ccc(C(=O)N(CC=Cc2ccccc2)c2ccc3c(c2)OCCO3)cc1. The second-order valence-corrected chi connectivity index (χ2v) is 9.37. The lowest BCUT2D eigenvalue weighted by Crippen LogP contribution is -2.31. The molecule has 0 aliphatic carbocycles. The number of rotatable bonds is 6. The van der Waals surface area contributed by atoms with Gasteiger partial charge in [-0.1, -0.05) is 42.5 Å². The monoisotopic (exact) mass is 449 g/mol. The molecule has 6 nitrogen and oxygen atoms in total. The third kappa shape index (κ3) is 5.00. The zero-order valence-electron chi connectivity index (χ0n) is 17.6. The van der Waals surface area contributed by atoms with Crippen molar-refractivity contribution >= 4 is 27.5 Å². The molecule has 164 valence electrons. The summed E-state index contributed by atoms with van der Waals surface area (Å²) in [6.07, 6.45) is 5.00. The fourth-order valence-electron chi connectivity index (χ4n) is 3.36. The lowest BCUT2D eigenvalue weighted by atomic mass is 10.1. The summed E-state index contributed by atoms with van der Waals surface area (Å²) >= 11 is 0. The van der Waals surface area contributed by atoms with E-state index < -0.39 is 9.84 Å². The molecule has 4 rings (SSSR count). The van der Waals surface area contributed by atoms with Gasteiger partial charge in [0.25, 0.3) is 5.91 Å². The molecule has 3 aromatic rings. The molecule has 0 saturated carbocycles. The van der Waals surface area contributed by atoms with Crippen LogP contribution >= 0.6 is 0 Å². The summed E-state index contributed by atoms with van der Waals surface area (Å²) in [6, 6.07) is 21.2. The number of nitrogens with zero attached hydrogens (tertiary/aromatic N) is 1. The minimum Gasteiger partial charge on any atom is -0.486 e. The Balaban J connectivity index is 1.65. The average Bonchev–Trinajstić information content (AvgIpc) is 2.81. The van der Waals surface area contributed by atoms with E-state index in [9.17, 15) is 13.2 Å². The molecule has 0 unspecified atom stereocenters. The Bertz CT molecular complexity index is 1240. The number of ether oxygens (including phenoxy) is 2. The number of carbonyl (C=O) groups is 1. The first-order chi connectivity index (χ1) is 15.4. The quantitative estimate of drug-likeness (QED) is 0.563. The van der Waals surface area contributed by atoms with Gasteiger partial charge in [0.15, 0.2) is 21.3 Å². The lowest BCUT2D eigenvalue weighted by Gasteiger charge is -2.25. The number of amides is 1. The summed E-state index contributed by atoms with van der Waals surface area (Å²) in [7, 11) is -3.34. The molecule has 1 aliphatic rings. The van der Waals surface area contributed by atoms with E-state index in [1.54, 1.807) is 17.0 Å². The molecular formula is C25H23NO5S. The maximum atomic E-state index is 13.4. The Morgan fingerprint density at radius 2 is 1.62 bits per heavy atom. The van der Waals surface area contributed by atoms with Crippen LogP contribution in [0.1, 0.15) is 15.9 Å². The van der Waals surface area contributed by atoms with Crippen molar-refractivity contribution in [3.05, 3.63) is 90.0 Å². The molecule has 0 fully saturated rings. The van der Waals surface area contributed by atoms with Crippen molar-refractivity contribution in [2.75, 3.05) is 30.9 Å². The van der Waals surface area contributed by atoms with Crippen molar-refractivity contribution in [2.24, 2.45) is 0 Å². The van der Waals surface area contributed by atoms with Gasteiger partial charge in [-0.25, -0.2) is 8.42 Å². The number of hydrogen-bond acceptors (Lipinski definition) is 5. The van der Waals surface area contributed by atoms with Crippen LogP contribution in [0.3, 0.4) is 0 Å². The highest BCUT2D eigenvalue weighted by atomic mass is 32.2. The Morgan fingerprint density at radius 1 is 0.938 bits per heavy atom. The van der Waals surface area contributed by atoms with E-state index in [1.165, 1.54) is 24.3 Å². The highest BCUT2D eigenvalue weighted by Gasteiger charge is 2.20. The maximum Gasteiger partial charge on any atom is 0.258 e. The Hall–Kier alpha value is -3.58. The molecule has 0 atom stereocenters. The van der Waals surface area contributed by atoms with E-state index in [2.05, 4.69) is 0 Å². The predicted octanol–water partition coefficient (Wildman–Crippen LogP) is 4.22. The van der Waals surface area contributed by atoms with Gasteiger partial charge in [-0.2, -0.15) is 0 Å². The molecule has 0 spiro atoms. The standard InChI is InChI=1S/C25H23NO5S/c1-32(28,29)22-12-9-20(10-13-22)25(27)26(15-5-8-19-6-3-2-4-7-19)21-11-14-23-24(18-21)31-17-16-30-23/h2-14,18H,15-17H2,1H3. The molecule has 0 aromatic heterocycles. The van der Waals surface area contributed by atoms with Crippen molar-refractivity contribution < 1.29 is 22.7 Å². The first-order valence-electron chi connectivity index (χ1n) is 10.1. The van der Waals surface area contributed by atoms with Crippen LogP contribution in [-0.4, -0.2) is 40.3 Å². The van der Waals surface area contributed by atoms with Gasteiger partial charge in [0.05, 0.1) is 4.90 Å². The number of fused-ring (bicyclic) bond motifs is 1. The van der Waals surface area contributed by atoms with E-state index in [1.807, 2.05) is 48.6 Å². The number of sulfone groups is 1. The number of benzene rings is 3. The fourth-order valence-corrected chi connectivity index (χ4v) is 3.99. The smallest absolute Gasteiger partial charge is 0.258 e. The zero-order valence-corrected chi connectivity index (χ0v) is 18.4. The van der Waals surface area contributed by atoms with Gasteiger partial charge in [-0.15, -0.1) is 0 Å². The highest BCUT2D eigenvalue weighted by molar-refractivity contribution is 7.90. The minimum absolute atomic E-state index is 0.170. The van der Waals surface area contributed by atoms with Gasteiger partial charge >= 0.3 is 0 Å². The fraction of sp³-hybridized carbons (Fsp3) is 0.160. The van der Waals surface area contributed by atoms with Gasteiger partial charge in [0.1, 0.15) is 13.2 Å². The molecule has 0 radical (unpaired) electrons. The van der Waals surface area contributed by atoms with Gasteiger partial charge in [0.2, 0.25) is 0 Å². The highest BCUT2D eigenvalue weighted by Crippen LogP contribution is 2.34. The molecular weight excluding hydrogens is 426 g/mol. The van der Waals surface area contributed by atoms with E-state index in [0.29, 0.717) is 42.5 Å². The summed E-state index contributed by atoms with van der Waals surface area (Å²) in [5.41, 5.74) is 2.07. The van der Waals surface area contributed by atoms with E-state index in [4.69, 9.17) is 9.47 Å². The van der Waals surface area contributed by atoms with Crippen LogP contribution in [0.15, 0.2) is 83.8 Å². The summed E-state index contributed by atoms with van der Waals surface area (Å²) < 4.78 is 34.8. The topological polar surface area (TPSA) is 72.9 Å². The number of anilines is 1. The van der Waals surface area contributed by atoms with E-state index in [0.717, 1.165) is 11.8 Å². The molecule has 0 saturated heterocycles. The lowest BCUT2D eigenvalue weighted by molar-refractivity contribution is 0.0989. The Kier molecular flexibility index (Phi) is 6.28. The van der Waals surface area contributed by atoms with Gasteiger partial charge in [-0.3, -0.25) is 4.79 Å². The third-order valence-corrected chi connectivity index (χ3v) is 6.14. The molecule has 3 aromatic carbocycles. The largest absolute Gasteiger partial charge is 0.486 e. The molecule has 32 heavy (non-hydrogen) atoms. The van der Waals surface area contributed by atoms with Crippen LogP contribution in [0.25, 0.3) is 6.08 Å². The van der Waals surface area contributed by atoms with Crippen LogP contribution in [0.2, 0.25) is 0 Å². The normalized spacial score (nSPS) is 13.2. The molecule has 7 heteroatoms. The first kappa shape index (κ1) is 21.6. The first-order valence-corrected chi connectivity index (χ1v) is 12.0. The average molecular weight is 450 g/mol. The maximum absolute atomic E-state index is 13.4. The zero-order chi connectivity index (χ0) is 22.6. The Morgan fingerprint density at radius 3 is 2.31 bits per heavy atom. The minimum atomic E-state index is -3.34. The van der Waals surface area contributed by atoms with E-state index in [-0.39, 0.29) is 10.8 Å². The van der Waals surface area contributed by atoms with Crippen molar-refractivity contribution in [2.45, 2.75) is 4.90 Å². The molecule has 1 heterocycles. The third-order valence-electron chi connectivity index (χ3n) is 5.01. The van der Waals surface area contributed by atoms with Gasteiger partial charge in [-0.05, 0) is 42.0 Å². The van der Waals surface area contributed by atoms with Crippen molar-refractivity contribution in [1.82, 2.24) is 0 Å². The van der Waals surface area contributed by atoms with Crippen LogP contribution < -0.4 is 14.4 Å². The van der Waals surface area contributed by atoms with Crippen molar-refractivity contribution in [3.63, 3.8) is 0 Å². The number of carbonyl (C=O) groups excluding carboxylic acids is 1. The summed E-state index contributed by atoms with van der Waals surface area (Å²) in [5, 5.41) is 0. The van der Waals surface area contributed by atoms with Crippen LogP contribution in [0, 0.1) is 0 Å². The summed E-state index contributed by atoms with van der Waals surface area (Å²) in [4.78, 5) is 15.2. The summed E-state index contributed by atoms with van der Waals surface area (Å²) in [6.45, 7) is 1.26. The van der Waals surface area contributed by atoms with Gasteiger partial charge in [0, 0.05) is 30.1 Å². The van der Waals surface area contributed by atoms with Crippen LogP contribution in [-0.2, 0) is 9.84 Å². The van der Waals surface area contributed by atoms with E-state index >= 15 is 0 Å². The number of hydrogen-bond donors (Lipinski definition) is 0. The molecule has 0 N–H and O–H groups in total. The Labute approximate surface area is 187 Å². The second kappa shape index (κ2) is 9.28. The van der Waals surface area contributed by atoms with Gasteiger partial charge < -0.3 is 14.4 Å².